The van der Waals surface area contributed by atoms with E-state index in [1.807, 2.05) is 34.6 Å². The summed E-state index contributed by atoms with van der Waals surface area (Å²) in [6.07, 6.45) is 10.5. The summed E-state index contributed by atoms with van der Waals surface area (Å²) in [5, 5.41) is 17.1. The fraction of sp³-hybridized carbons (Fsp3) is 0.898. The molecule has 1 saturated heterocycles. The van der Waals surface area contributed by atoms with Crippen molar-refractivity contribution in [1.29, 1.82) is 0 Å². The summed E-state index contributed by atoms with van der Waals surface area (Å²) >= 11 is 0. The third-order valence-electron chi connectivity index (χ3n) is 19.9. The minimum Gasteiger partial charge on any atom is -0.481 e. The Hall–Kier alpha value is -2.18. The molecule has 14 atom stereocenters. The molecule has 12 heteroatoms. The zero-order valence-corrected chi connectivity index (χ0v) is 40.3. The average Bonchev–Trinajstić information content (AvgIpc) is 3.53. The first-order valence-electron chi connectivity index (χ1n) is 24.0. The van der Waals surface area contributed by atoms with Crippen LogP contribution in [-0.2, 0) is 28.9 Å². The summed E-state index contributed by atoms with van der Waals surface area (Å²) in [6.45, 7) is 30.5. The van der Waals surface area contributed by atoms with Crippen molar-refractivity contribution in [2.24, 2.45) is 68.5 Å². The van der Waals surface area contributed by atoms with Gasteiger partial charge in [0.25, 0.3) is 0 Å². The molecule has 346 valence electrons. The number of esters is 1. The first kappa shape index (κ1) is 46.8. The van der Waals surface area contributed by atoms with Gasteiger partial charge < -0.3 is 25.2 Å². The molecule has 0 spiro atoms. The standard InChI is InChI=1S/C49H81N3O8S/c1-29(2)32-15-20-49(50-28-36(31(5)51-43(56)59-30(3)4)52-23-25-61(57,58)26-24-52)22-21-47(11)33(40(32)49)13-14-38-46(10)18-17-39(45(8,9)37(46)16-19-48(38,47)12)60-42(55)35-27-34(41(53)54)44(35,6)7/h30-40,50H,1,13-28H2,2-12H3,(H,51,56)(H,53,54)/t31-,32+,33-,34+,35-,36-,37+,38-,39+,40-,46+,47-,48-,49+/m1/s1. The molecule has 1 amide bonds. The van der Waals surface area contributed by atoms with E-state index in [1.165, 1.54) is 18.4 Å². The Morgan fingerprint density at radius 2 is 1.49 bits per heavy atom. The number of aliphatic carboxylic acids is 1. The Morgan fingerprint density at radius 1 is 0.820 bits per heavy atom. The number of nitrogens with one attached hydrogen (secondary N) is 2. The van der Waals surface area contributed by atoms with Gasteiger partial charge in [-0.05, 0) is 150 Å². The van der Waals surface area contributed by atoms with E-state index in [0.717, 1.165) is 51.4 Å². The number of carboxylic acids is 1. The molecule has 7 fully saturated rings. The van der Waals surface area contributed by atoms with E-state index in [2.05, 4.69) is 63.7 Å². The predicted molar refractivity (Wildman–Crippen MR) is 238 cm³/mol. The van der Waals surface area contributed by atoms with Crippen LogP contribution >= 0.6 is 0 Å². The lowest BCUT2D eigenvalue weighted by atomic mass is 9.32. The number of hydrogen-bond donors (Lipinski definition) is 3. The molecule has 61 heavy (non-hydrogen) atoms. The van der Waals surface area contributed by atoms with Crippen LogP contribution in [0.25, 0.3) is 0 Å². The largest absolute Gasteiger partial charge is 0.481 e. The lowest BCUT2D eigenvalue weighted by Gasteiger charge is -2.73. The first-order valence-corrected chi connectivity index (χ1v) is 25.8. The number of carbonyl (C=O) groups excluding carboxylic acids is 2. The lowest BCUT2D eigenvalue weighted by molar-refractivity contribution is -0.248. The first-order chi connectivity index (χ1) is 28.2. The summed E-state index contributed by atoms with van der Waals surface area (Å²) in [6, 6.07) is -0.338. The van der Waals surface area contributed by atoms with Gasteiger partial charge in [-0.2, -0.15) is 0 Å². The summed E-state index contributed by atoms with van der Waals surface area (Å²) in [5.41, 5.74) is 0.805. The van der Waals surface area contributed by atoms with Gasteiger partial charge in [-0.15, -0.1) is 0 Å². The second-order valence-corrected chi connectivity index (χ2v) is 26.0. The van der Waals surface area contributed by atoms with E-state index in [-0.39, 0.29) is 74.9 Å². The zero-order valence-electron chi connectivity index (χ0n) is 39.5. The number of alkyl carbamates (subject to hydrolysis) is 1. The molecule has 0 aromatic rings. The van der Waals surface area contributed by atoms with Crippen molar-refractivity contribution in [2.75, 3.05) is 31.1 Å². The highest BCUT2D eigenvalue weighted by Gasteiger charge is 2.71. The fourth-order valence-corrected chi connectivity index (χ4v) is 17.4. The van der Waals surface area contributed by atoms with Crippen LogP contribution in [0.1, 0.15) is 147 Å². The van der Waals surface area contributed by atoms with Crippen LogP contribution in [0.4, 0.5) is 4.79 Å². The van der Waals surface area contributed by atoms with Crippen molar-refractivity contribution in [1.82, 2.24) is 15.5 Å². The number of carbonyl (C=O) groups is 3. The van der Waals surface area contributed by atoms with Crippen LogP contribution < -0.4 is 10.6 Å². The van der Waals surface area contributed by atoms with Crippen LogP contribution in [-0.4, -0.2) is 97.4 Å². The molecule has 7 aliphatic rings. The Morgan fingerprint density at radius 3 is 2.10 bits per heavy atom. The molecule has 0 aromatic heterocycles. The highest BCUT2D eigenvalue weighted by Crippen LogP contribution is 2.76. The van der Waals surface area contributed by atoms with Crippen molar-refractivity contribution >= 4 is 27.9 Å². The second-order valence-electron chi connectivity index (χ2n) is 23.7. The third kappa shape index (κ3) is 7.71. The average molecular weight is 872 g/mol. The number of fused-ring (bicyclic) bond motifs is 7. The van der Waals surface area contributed by atoms with Crippen LogP contribution in [0.3, 0.4) is 0 Å². The Balaban J connectivity index is 1.11. The summed E-state index contributed by atoms with van der Waals surface area (Å²) in [7, 11) is -3.07. The summed E-state index contributed by atoms with van der Waals surface area (Å²) < 4.78 is 37.0. The van der Waals surface area contributed by atoms with Gasteiger partial charge in [-0.1, -0.05) is 60.6 Å². The third-order valence-corrected chi connectivity index (χ3v) is 21.5. The van der Waals surface area contributed by atoms with Gasteiger partial charge in [0.1, 0.15) is 6.10 Å². The van der Waals surface area contributed by atoms with Crippen LogP contribution in [0, 0.1) is 68.5 Å². The molecule has 0 unspecified atom stereocenters. The molecule has 1 heterocycles. The number of nitrogens with zero attached hydrogens (tertiary/aromatic N) is 1. The van der Waals surface area contributed by atoms with E-state index in [9.17, 15) is 27.9 Å². The van der Waals surface area contributed by atoms with E-state index >= 15 is 0 Å². The maximum atomic E-state index is 13.7. The molecule has 0 bridgehead atoms. The minimum absolute atomic E-state index is 0.0697. The SMILES string of the molecule is C=C(C)[C@@H]1CC[C@]2(NC[C@H]([C@@H](C)NC(=O)OC(C)C)N3CCS(=O)(=O)CC3)CC[C@]3(C)[C@H](CC[C@@H]4[C@@]5(C)CC[C@H](OC(=O)[C@H]6C[C@@H](C(=O)O)C6(C)C)C(C)(C)[C@@H]5CC[C@]43C)[C@@H]12. The van der Waals surface area contributed by atoms with E-state index in [0.29, 0.717) is 55.6 Å². The summed E-state index contributed by atoms with van der Waals surface area (Å²) in [5.74, 6) is 0.703. The van der Waals surface area contributed by atoms with Crippen LogP contribution in [0.2, 0.25) is 0 Å². The highest BCUT2D eigenvalue weighted by molar-refractivity contribution is 7.91. The molecule has 0 aromatic carbocycles. The van der Waals surface area contributed by atoms with Gasteiger partial charge in [0.15, 0.2) is 9.84 Å². The number of sulfone groups is 1. The minimum atomic E-state index is -3.07. The zero-order chi connectivity index (χ0) is 44.9. The van der Waals surface area contributed by atoms with Gasteiger partial charge in [-0.25, -0.2) is 13.2 Å². The summed E-state index contributed by atoms with van der Waals surface area (Å²) in [4.78, 5) is 40.7. The Kier molecular flexibility index (Phi) is 12.3. The van der Waals surface area contributed by atoms with Gasteiger partial charge >= 0.3 is 18.0 Å². The quantitative estimate of drug-likeness (QED) is 0.137. The van der Waals surface area contributed by atoms with Gasteiger partial charge in [0.2, 0.25) is 0 Å². The van der Waals surface area contributed by atoms with Gasteiger partial charge in [0.05, 0.1) is 29.4 Å². The molecule has 11 nitrogen and oxygen atoms in total. The van der Waals surface area contributed by atoms with E-state index < -0.39 is 33.2 Å². The Bertz CT molecular complexity index is 1830. The van der Waals surface area contributed by atoms with Gasteiger partial charge in [-0.3, -0.25) is 14.5 Å². The predicted octanol–water partition coefficient (Wildman–Crippen LogP) is 8.27. The maximum Gasteiger partial charge on any atom is 0.407 e. The molecule has 6 aliphatic carbocycles. The smallest absolute Gasteiger partial charge is 0.407 e. The molecule has 0 radical (unpaired) electrons. The fourth-order valence-electron chi connectivity index (χ4n) is 16.1. The molecule has 3 N–H and O–H groups in total. The normalized spacial score (nSPS) is 43.2. The van der Waals surface area contributed by atoms with E-state index in [1.54, 1.807) is 0 Å². The van der Waals surface area contributed by atoms with Crippen LogP contribution in [0.5, 0.6) is 0 Å². The van der Waals surface area contributed by atoms with E-state index in [4.69, 9.17) is 9.47 Å². The van der Waals surface area contributed by atoms with Crippen molar-refractivity contribution in [2.45, 2.75) is 177 Å². The van der Waals surface area contributed by atoms with Crippen molar-refractivity contribution in [3.63, 3.8) is 0 Å². The Labute approximate surface area is 368 Å². The monoisotopic (exact) mass is 872 g/mol. The molecule has 1 aliphatic heterocycles. The molecular formula is C49H81N3O8S. The number of hydrogen-bond acceptors (Lipinski definition) is 9. The number of allylic oxidation sites excluding steroid dienone is 1. The van der Waals surface area contributed by atoms with Crippen LogP contribution in [0.15, 0.2) is 12.2 Å². The van der Waals surface area contributed by atoms with Crippen molar-refractivity contribution < 1.29 is 37.4 Å². The highest BCUT2D eigenvalue weighted by atomic mass is 32.2. The topological polar surface area (TPSA) is 151 Å². The van der Waals surface area contributed by atoms with Gasteiger partial charge in [0, 0.05) is 42.7 Å². The van der Waals surface area contributed by atoms with Crippen molar-refractivity contribution in [3.05, 3.63) is 12.2 Å². The number of carboxylic acid groups (broad SMARTS) is 1. The molecule has 7 rings (SSSR count). The molecular weight excluding hydrogens is 791 g/mol. The number of rotatable bonds is 11. The number of ether oxygens (including phenoxy) is 2. The second kappa shape index (κ2) is 16.1. The molecule has 6 saturated carbocycles. The maximum absolute atomic E-state index is 13.7. The van der Waals surface area contributed by atoms with Crippen molar-refractivity contribution in [3.8, 4) is 0 Å². The lowest BCUT2D eigenvalue weighted by Crippen LogP contribution is -2.69. The number of amides is 1.